The monoisotopic (exact) mass is 298 g/mol. The SMILES string of the molecule is Cl.NC(CNC(=O)c1ccc2c(c1)OCCO2)C1CC1. The Morgan fingerprint density at radius 2 is 2.00 bits per heavy atom. The van der Waals surface area contributed by atoms with Crippen LogP contribution in [0.15, 0.2) is 18.2 Å². The molecule has 1 aromatic rings. The summed E-state index contributed by atoms with van der Waals surface area (Å²) in [7, 11) is 0. The van der Waals surface area contributed by atoms with Gasteiger partial charge in [-0.1, -0.05) is 0 Å². The molecule has 0 saturated heterocycles. The van der Waals surface area contributed by atoms with Crippen LogP contribution in [0.1, 0.15) is 23.2 Å². The third-order valence-electron chi connectivity index (χ3n) is 3.53. The van der Waals surface area contributed by atoms with Gasteiger partial charge >= 0.3 is 0 Å². The third-order valence-corrected chi connectivity index (χ3v) is 3.53. The highest BCUT2D eigenvalue weighted by atomic mass is 35.5. The molecule has 1 fully saturated rings. The van der Waals surface area contributed by atoms with Crippen molar-refractivity contribution in [1.29, 1.82) is 0 Å². The van der Waals surface area contributed by atoms with Crippen molar-refractivity contribution in [3.63, 3.8) is 0 Å². The summed E-state index contributed by atoms with van der Waals surface area (Å²) in [5.74, 6) is 1.79. The maximum Gasteiger partial charge on any atom is 0.251 e. The van der Waals surface area contributed by atoms with Crippen LogP contribution in [0.3, 0.4) is 0 Å². The van der Waals surface area contributed by atoms with Crippen molar-refractivity contribution in [3.05, 3.63) is 23.8 Å². The summed E-state index contributed by atoms with van der Waals surface area (Å²) in [5.41, 5.74) is 6.53. The van der Waals surface area contributed by atoms with E-state index in [0.29, 0.717) is 42.7 Å². The molecule has 1 atom stereocenters. The second kappa shape index (κ2) is 6.33. The number of halogens is 1. The molecule has 6 heteroatoms. The van der Waals surface area contributed by atoms with Gasteiger partial charge in [-0.05, 0) is 37.0 Å². The first-order valence-corrected chi connectivity index (χ1v) is 6.67. The summed E-state index contributed by atoms with van der Waals surface area (Å²) in [4.78, 5) is 12.0. The lowest BCUT2D eigenvalue weighted by molar-refractivity contribution is 0.0949. The molecule has 0 spiro atoms. The molecule has 2 aliphatic rings. The normalized spacial score (nSPS) is 17.9. The summed E-state index contributed by atoms with van der Waals surface area (Å²) in [5, 5.41) is 2.87. The van der Waals surface area contributed by atoms with E-state index in [-0.39, 0.29) is 24.4 Å². The maximum atomic E-state index is 12.0. The Morgan fingerprint density at radius 3 is 2.70 bits per heavy atom. The Morgan fingerprint density at radius 1 is 1.30 bits per heavy atom. The molecule has 5 nitrogen and oxygen atoms in total. The van der Waals surface area contributed by atoms with Crippen LogP contribution >= 0.6 is 12.4 Å². The Hall–Kier alpha value is -1.46. The Labute approximate surface area is 124 Å². The van der Waals surface area contributed by atoms with E-state index < -0.39 is 0 Å². The number of ether oxygens (including phenoxy) is 2. The lowest BCUT2D eigenvalue weighted by Crippen LogP contribution is -2.38. The molecule has 110 valence electrons. The molecule has 0 bridgehead atoms. The van der Waals surface area contributed by atoms with Crippen molar-refractivity contribution >= 4 is 18.3 Å². The van der Waals surface area contributed by atoms with Crippen molar-refractivity contribution in [3.8, 4) is 11.5 Å². The van der Waals surface area contributed by atoms with Gasteiger partial charge in [0.15, 0.2) is 11.5 Å². The molecule has 1 aliphatic heterocycles. The molecule has 20 heavy (non-hydrogen) atoms. The molecule has 1 heterocycles. The Kier molecular flexibility index (Phi) is 4.73. The third kappa shape index (κ3) is 3.35. The first kappa shape index (κ1) is 14.9. The number of nitrogens with one attached hydrogen (secondary N) is 1. The molecule has 3 N–H and O–H groups in total. The van der Waals surface area contributed by atoms with Gasteiger partial charge in [-0.2, -0.15) is 0 Å². The summed E-state index contributed by atoms with van der Waals surface area (Å²) >= 11 is 0. The van der Waals surface area contributed by atoms with Gasteiger partial charge in [-0.3, -0.25) is 4.79 Å². The number of carbonyl (C=O) groups excluding carboxylic acids is 1. The molecule has 1 aromatic carbocycles. The smallest absolute Gasteiger partial charge is 0.251 e. The van der Waals surface area contributed by atoms with Gasteiger partial charge in [0.05, 0.1) is 0 Å². The van der Waals surface area contributed by atoms with Crippen LogP contribution in [-0.2, 0) is 0 Å². The molecule has 1 saturated carbocycles. The number of amides is 1. The van der Waals surface area contributed by atoms with Crippen LogP contribution in [0.2, 0.25) is 0 Å². The Balaban J connectivity index is 0.00000147. The van der Waals surface area contributed by atoms with E-state index in [4.69, 9.17) is 15.2 Å². The fourth-order valence-electron chi connectivity index (χ4n) is 2.19. The standard InChI is InChI=1S/C14H18N2O3.ClH/c15-11(9-1-2-9)8-16-14(17)10-3-4-12-13(7-10)19-6-5-18-12;/h3-4,7,9,11H,1-2,5-6,8,15H2,(H,16,17);1H. The zero-order valence-electron chi connectivity index (χ0n) is 11.1. The minimum Gasteiger partial charge on any atom is -0.486 e. The second-order valence-electron chi connectivity index (χ2n) is 5.07. The molecule has 1 aliphatic carbocycles. The van der Waals surface area contributed by atoms with E-state index in [1.165, 1.54) is 12.8 Å². The lowest BCUT2D eigenvalue weighted by Gasteiger charge is -2.19. The first-order chi connectivity index (χ1) is 9.24. The largest absolute Gasteiger partial charge is 0.486 e. The van der Waals surface area contributed by atoms with Crippen LogP contribution < -0.4 is 20.5 Å². The van der Waals surface area contributed by atoms with E-state index in [9.17, 15) is 4.79 Å². The van der Waals surface area contributed by atoms with E-state index >= 15 is 0 Å². The van der Waals surface area contributed by atoms with Crippen molar-refractivity contribution in [1.82, 2.24) is 5.32 Å². The summed E-state index contributed by atoms with van der Waals surface area (Å²) in [6.45, 7) is 1.59. The van der Waals surface area contributed by atoms with Gasteiger partial charge in [0, 0.05) is 18.2 Å². The number of hydrogen-bond acceptors (Lipinski definition) is 4. The highest BCUT2D eigenvalue weighted by Crippen LogP contribution is 2.32. The summed E-state index contributed by atoms with van der Waals surface area (Å²) in [6.07, 6.45) is 2.36. The van der Waals surface area contributed by atoms with Gasteiger partial charge in [0.25, 0.3) is 5.91 Å². The minimum absolute atomic E-state index is 0. The quantitative estimate of drug-likeness (QED) is 0.880. The van der Waals surface area contributed by atoms with Crippen molar-refractivity contribution < 1.29 is 14.3 Å². The van der Waals surface area contributed by atoms with Crippen LogP contribution in [0.25, 0.3) is 0 Å². The average molecular weight is 299 g/mol. The second-order valence-corrected chi connectivity index (χ2v) is 5.07. The molecule has 1 unspecified atom stereocenters. The maximum absolute atomic E-state index is 12.0. The number of benzene rings is 1. The fourth-order valence-corrected chi connectivity index (χ4v) is 2.19. The predicted molar refractivity (Wildman–Crippen MR) is 77.7 cm³/mol. The van der Waals surface area contributed by atoms with Gasteiger partial charge in [-0.15, -0.1) is 12.4 Å². The number of carbonyl (C=O) groups is 1. The van der Waals surface area contributed by atoms with E-state index in [1.807, 2.05) is 0 Å². The van der Waals surface area contributed by atoms with Crippen molar-refractivity contribution in [2.75, 3.05) is 19.8 Å². The van der Waals surface area contributed by atoms with Crippen LogP contribution in [0.4, 0.5) is 0 Å². The van der Waals surface area contributed by atoms with Gasteiger partial charge < -0.3 is 20.5 Å². The van der Waals surface area contributed by atoms with Crippen molar-refractivity contribution in [2.45, 2.75) is 18.9 Å². The first-order valence-electron chi connectivity index (χ1n) is 6.67. The van der Waals surface area contributed by atoms with E-state index in [1.54, 1.807) is 18.2 Å². The molecule has 3 rings (SSSR count). The van der Waals surface area contributed by atoms with Gasteiger partial charge in [-0.25, -0.2) is 0 Å². The van der Waals surface area contributed by atoms with Crippen LogP contribution in [-0.4, -0.2) is 31.7 Å². The van der Waals surface area contributed by atoms with E-state index in [2.05, 4.69) is 5.32 Å². The number of fused-ring (bicyclic) bond motifs is 1. The number of rotatable bonds is 4. The van der Waals surface area contributed by atoms with Crippen LogP contribution in [0.5, 0.6) is 11.5 Å². The summed E-state index contributed by atoms with van der Waals surface area (Å²) < 4.78 is 10.9. The van der Waals surface area contributed by atoms with Gasteiger partial charge in [0.2, 0.25) is 0 Å². The highest BCUT2D eigenvalue weighted by molar-refractivity contribution is 5.94. The zero-order valence-corrected chi connectivity index (χ0v) is 11.9. The van der Waals surface area contributed by atoms with Crippen LogP contribution in [0, 0.1) is 5.92 Å². The summed E-state index contributed by atoms with van der Waals surface area (Å²) in [6, 6.07) is 5.29. The number of hydrogen-bond donors (Lipinski definition) is 2. The minimum atomic E-state index is -0.118. The molecule has 1 amide bonds. The van der Waals surface area contributed by atoms with Gasteiger partial charge in [0.1, 0.15) is 13.2 Å². The molecular formula is C14H19ClN2O3. The number of nitrogens with two attached hydrogens (primary N) is 1. The van der Waals surface area contributed by atoms with Crippen molar-refractivity contribution in [2.24, 2.45) is 11.7 Å². The van der Waals surface area contributed by atoms with E-state index in [0.717, 1.165) is 0 Å². The average Bonchev–Trinajstić information content (AvgIpc) is 3.28. The Bertz CT molecular complexity index is 491. The molecule has 0 radical (unpaired) electrons. The molecular weight excluding hydrogens is 280 g/mol. The predicted octanol–water partition coefficient (Wildman–Crippen LogP) is 1.35. The fraction of sp³-hybridized carbons (Fsp3) is 0.500. The zero-order chi connectivity index (χ0) is 13.2. The lowest BCUT2D eigenvalue weighted by atomic mass is 10.1. The highest BCUT2D eigenvalue weighted by Gasteiger charge is 2.28. The molecule has 0 aromatic heterocycles. The topological polar surface area (TPSA) is 73.6 Å².